The predicted octanol–water partition coefficient (Wildman–Crippen LogP) is 2.31. The number of para-hydroxylation sites is 1. The number of benzene rings is 1. The van der Waals surface area contributed by atoms with Crippen molar-refractivity contribution >= 4 is 11.6 Å². The van der Waals surface area contributed by atoms with Gasteiger partial charge in [-0.05, 0) is 31.6 Å². The average Bonchev–Trinajstić information content (AvgIpc) is 2.66. The number of alkyl halides is 1. The van der Waals surface area contributed by atoms with E-state index in [0.29, 0.717) is 0 Å². The molecule has 0 spiro atoms. The van der Waals surface area contributed by atoms with Gasteiger partial charge in [-0.2, -0.15) is 0 Å². The Balaban J connectivity index is 1.66. The number of rotatable bonds is 6. The van der Waals surface area contributed by atoms with Gasteiger partial charge in [0.05, 0.1) is 0 Å². The van der Waals surface area contributed by atoms with Crippen LogP contribution in [-0.2, 0) is 0 Å². The number of ether oxygens (including phenoxy) is 1. The molecule has 0 radical (unpaired) electrons. The standard InChI is InChI=1S/C15H23ClN2O/c16-7-10-17-8-4-9-18(12-11-17)13-14-19-15-5-2-1-3-6-15/h1-3,5-6H,4,7-14H2. The average molecular weight is 283 g/mol. The Hall–Kier alpha value is -0.770. The van der Waals surface area contributed by atoms with Crippen molar-refractivity contribution in [2.24, 2.45) is 0 Å². The molecule has 2 rings (SSSR count). The molecule has 1 saturated heterocycles. The fraction of sp³-hybridized carbons (Fsp3) is 0.600. The van der Waals surface area contributed by atoms with E-state index in [2.05, 4.69) is 9.80 Å². The summed E-state index contributed by atoms with van der Waals surface area (Å²) >= 11 is 5.80. The van der Waals surface area contributed by atoms with E-state index in [1.54, 1.807) is 0 Å². The minimum Gasteiger partial charge on any atom is -0.492 e. The molecule has 0 N–H and O–H groups in total. The van der Waals surface area contributed by atoms with Gasteiger partial charge in [0.1, 0.15) is 12.4 Å². The minimum absolute atomic E-state index is 0.733. The zero-order chi connectivity index (χ0) is 13.3. The zero-order valence-corrected chi connectivity index (χ0v) is 12.2. The normalized spacial score (nSPS) is 18.2. The van der Waals surface area contributed by atoms with Crippen LogP contribution in [0.5, 0.6) is 5.75 Å². The van der Waals surface area contributed by atoms with Gasteiger partial charge in [0, 0.05) is 32.1 Å². The first-order valence-electron chi connectivity index (χ1n) is 7.07. The van der Waals surface area contributed by atoms with Crippen LogP contribution in [0.25, 0.3) is 0 Å². The molecule has 0 aromatic heterocycles. The van der Waals surface area contributed by atoms with Crippen LogP contribution in [0.15, 0.2) is 30.3 Å². The summed E-state index contributed by atoms with van der Waals surface area (Å²) in [7, 11) is 0. The molecule has 0 saturated carbocycles. The van der Waals surface area contributed by atoms with E-state index >= 15 is 0 Å². The number of hydrogen-bond acceptors (Lipinski definition) is 3. The second kappa shape index (κ2) is 8.41. The number of nitrogens with zero attached hydrogens (tertiary/aromatic N) is 2. The van der Waals surface area contributed by atoms with Gasteiger partial charge in [-0.3, -0.25) is 4.90 Å². The van der Waals surface area contributed by atoms with Crippen molar-refractivity contribution in [1.29, 1.82) is 0 Å². The van der Waals surface area contributed by atoms with Gasteiger partial charge in [-0.25, -0.2) is 0 Å². The third kappa shape index (κ3) is 5.39. The zero-order valence-electron chi connectivity index (χ0n) is 11.4. The molecule has 1 aromatic carbocycles. The highest BCUT2D eigenvalue weighted by Gasteiger charge is 2.13. The molecule has 106 valence electrons. The number of hydrogen-bond donors (Lipinski definition) is 0. The van der Waals surface area contributed by atoms with Gasteiger partial charge in [-0.1, -0.05) is 18.2 Å². The Labute approximate surface area is 121 Å². The molecule has 0 unspecified atom stereocenters. The summed E-state index contributed by atoms with van der Waals surface area (Å²) in [5.74, 6) is 1.69. The monoisotopic (exact) mass is 282 g/mol. The quantitative estimate of drug-likeness (QED) is 0.745. The summed E-state index contributed by atoms with van der Waals surface area (Å²) in [6.07, 6.45) is 1.22. The molecule has 3 nitrogen and oxygen atoms in total. The van der Waals surface area contributed by atoms with E-state index in [9.17, 15) is 0 Å². The molecule has 19 heavy (non-hydrogen) atoms. The molecule has 1 aromatic rings. The van der Waals surface area contributed by atoms with E-state index in [1.807, 2.05) is 30.3 Å². The summed E-state index contributed by atoms with van der Waals surface area (Å²) in [5, 5.41) is 0. The Kier molecular flexibility index (Phi) is 6.48. The third-order valence-electron chi connectivity index (χ3n) is 3.50. The summed E-state index contributed by atoms with van der Waals surface area (Å²) in [5.41, 5.74) is 0. The third-order valence-corrected chi connectivity index (χ3v) is 3.67. The first-order valence-corrected chi connectivity index (χ1v) is 7.60. The first kappa shape index (κ1) is 14.6. The Morgan fingerprint density at radius 1 is 0.947 bits per heavy atom. The molecular formula is C15H23ClN2O. The van der Waals surface area contributed by atoms with Crippen molar-refractivity contribution in [2.45, 2.75) is 6.42 Å². The van der Waals surface area contributed by atoms with Crippen molar-refractivity contribution in [1.82, 2.24) is 9.80 Å². The van der Waals surface area contributed by atoms with Crippen LogP contribution < -0.4 is 4.74 Å². The molecular weight excluding hydrogens is 260 g/mol. The fourth-order valence-electron chi connectivity index (χ4n) is 2.40. The smallest absolute Gasteiger partial charge is 0.119 e. The van der Waals surface area contributed by atoms with Gasteiger partial charge in [0.2, 0.25) is 0 Å². The lowest BCUT2D eigenvalue weighted by Gasteiger charge is -2.21. The predicted molar refractivity (Wildman–Crippen MR) is 80.2 cm³/mol. The van der Waals surface area contributed by atoms with Crippen LogP contribution in [0.2, 0.25) is 0 Å². The first-order chi connectivity index (χ1) is 9.38. The van der Waals surface area contributed by atoms with Crippen molar-refractivity contribution in [3.8, 4) is 5.75 Å². The lowest BCUT2D eigenvalue weighted by molar-refractivity contribution is 0.210. The summed E-state index contributed by atoms with van der Waals surface area (Å²) in [4.78, 5) is 4.93. The summed E-state index contributed by atoms with van der Waals surface area (Å²) in [6, 6.07) is 10.0. The van der Waals surface area contributed by atoms with Gasteiger partial charge in [-0.15, -0.1) is 11.6 Å². The van der Waals surface area contributed by atoms with E-state index < -0.39 is 0 Å². The summed E-state index contributed by atoms with van der Waals surface area (Å²) in [6.45, 7) is 7.35. The van der Waals surface area contributed by atoms with Crippen LogP contribution in [-0.4, -0.2) is 61.6 Å². The van der Waals surface area contributed by atoms with E-state index in [0.717, 1.165) is 51.0 Å². The van der Waals surface area contributed by atoms with E-state index in [4.69, 9.17) is 16.3 Å². The van der Waals surface area contributed by atoms with Gasteiger partial charge in [0.15, 0.2) is 0 Å². The highest BCUT2D eigenvalue weighted by Crippen LogP contribution is 2.08. The molecule has 1 fully saturated rings. The van der Waals surface area contributed by atoms with Crippen molar-refractivity contribution in [2.75, 3.05) is 51.8 Å². The van der Waals surface area contributed by atoms with Crippen molar-refractivity contribution in [3.63, 3.8) is 0 Å². The maximum absolute atomic E-state index is 5.80. The van der Waals surface area contributed by atoms with Crippen LogP contribution in [0.1, 0.15) is 6.42 Å². The van der Waals surface area contributed by atoms with Gasteiger partial charge < -0.3 is 9.64 Å². The van der Waals surface area contributed by atoms with Crippen LogP contribution >= 0.6 is 11.6 Å². The second-order valence-corrected chi connectivity index (χ2v) is 5.27. The van der Waals surface area contributed by atoms with Crippen molar-refractivity contribution < 1.29 is 4.74 Å². The van der Waals surface area contributed by atoms with E-state index in [1.165, 1.54) is 13.0 Å². The maximum Gasteiger partial charge on any atom is 0.119 e. The second-order valence-electron chi connectivity index (χ2n) is 4.89. The Morgan fingerprint density at radius 2 is 1.63 bits per heavy atom. The number of halogens is 1. The minimum atomic E-state index is 0.733. The SMILES string of the molecule is ClCCN1CCCN(CCOc2ccccc2)CC1. The Morgan fingerprint density at radius 3 is 2.32 bits per heavy atom. The summed E-state index contributed by atoms with van der Waals surface area (Å²) < 4.78 is 5.75. The lowest BCUT2D eigenvalue weighted by Crippen LogP contribution is -2.34. The largest absolute Gasteiger partial charge is 0.492 e. The molecule has 1 aliphatic rings. The highest BCUT2D eigenvalue weighted by molar-refractivity contribution is 6.18. The molecule has 1 aliphatic heterocycles. The van der Waals surface area contributed by atoms with Crippen LogP contribution in [0.4, 0.5) is 0 Å². The lowest BCUT2D eigenvalue weighted by atomic mass is 10.3. The highest BCUT2D eigenvalue weighted by atomic mass is 35.5. The van der Waals surface area contributed by atoms with Crippen LogP contribution in [0.3, 0.4) is 0 Å². The Bertz CT molecular complexity index is 347. The molecule has 0 bridgehead atoms. The molecule has 0 aliphatic carbocycles. The van der Waals surface area contributed by atoms with E-state index in [-0.39, 0.29) is 0 Å². The molecule has 1 heterocycles. The maximum atomic E-state index is 5.80. The molecule has 0 atom stereocenters. The topological polar surface area (TPSA) is 15.7 Å². The molecule has 0 amide bonds. The molecule has 4 heteroatoms. The van der Waals surface area contributed by atoms with Crippen molar-refractivity contribution in [3.05, 3.63) is 30.3 Å². The van der Waals surface area contributed by atoms with Gasteiger partial charge in [0.25, 0.3) is 0 Å². The van der Waals surface area contributed by atoms with Crippen LogP contribution in [0, 0.1) is 0 Å². The fourth-order valence-corrected chi connectivity index (χ4v) is 2.64. The van der Waals surface area contributed by atoms with Gasteiger partial charge >= 0.3 is 0 Å².